The fraction of sp³-hybridized carbons (Fsp3) is 0.571. The quantitative estimate of drug-likeness (QED) is 0.886. The first kappa shape index (κ1) is 15.0. The van der Waals surface area contributed by atoms with Crippen LogP contribution in [0, 0.1) is 18.3 Å². The Labute approximate surface area is 131 Å². The maximum Gasteiger partial charge on any atom is 0.340 e. The van der Waals surface area contributed by atoms with Crippen molar-refractivity contribution in [2.75, 3.05) is 7.05 Å². The summed E-state index contributed by atoms with van der Waals surface area (Å²) in [5.41, 5.74) is 0.546. The van der Waals surface area contributed by atoms with Gasteiger partial charge in [-0.3, -0.25) is 9.78 Å². The van der Waals surface area contributed by atoms with Crippen molar-refractivity contribution >= 4 is 17.2 Å². The summed E-state index contributed by atoms with van der Waals surface area (Å²) in [6.07, 6.45) is 0. The average Bonchev–Trinajstić information content (AvgIpc) is 2.79. The Kier molecular flexibility index (Phi) is 3.43. The summed E-state index contributed by atoms with van der Waals surface area (Å²) in [5.74, 6) is 0.612. The lowest BCUT2D eigenvalue weighted by molar-refractivity contribution is -0.132. The predicted molar refractivity (Wildman–Crippen MR) is 82.5 cm³/mol. The number of amides is 1. The predicted octanol–water partition coefficient (Wildman–Crippen LogP) is 1.26. The number of nitrogens with one attached hydrogen (secondary N) is 2. The van der Waals surface area contributed by atoms with E-state index in [2.05, 4.69) is 34.0 Å². The minimum Gasteiger partial charge on any atom is -0.338 e. The van der Waals surface area contributed by atoms with Crippen LogP contribution in [0.25, 0.3) is 0 Å². The summed E-state index contributed by atoms with van der Waals surface area (Å²) in [7, 11) is 1.73. The molecule has 2 N–H and O–H groups in total. The van der Waals surface area contributed by atoms with Crippen LogP contribution in [0.1, 0.15) is 36.3 Å². The number of aromatic amines is 2. The standard InChI is InChI=1S/C14H19N5O2S/c1-7-6-22-11(15-7)9-10(14(9,2)3)12(20)19(4)5-8-16-13(21)18-17-8/h6,9-10H,5H2,1-4H3,(H2,16,17,18,21)/t9-,10-/m0/s1. The number of nitrogens with zero attached hydrogens (tertiary/aromatic N) is 3. The van der Waals surface area contributed by atoms with Crippen LogP contribution < -0.4 is 5.69 Å². The average molecular weight is 321 g/mol. The summed E-state index contributed by atoms with van der Waals surface area (Å²) in [6.45, 7) is 6.45. The third kappa shape index (κ3) is 2.47. The molecule has 0 unspecified atom stereocenters. The molecule has 22 heavy (non-hydrogen) atoms. The molecule has 1 fully saturated rings. The molecule has 118 valence electrons. The molecular weight excluding hydrogens is 302 g/mol. The molecular formula is C14H19N5O2S. The van der Waals surface area contributed by atoms with Gasteiger partial charge in [0.1, 0.15) is 0 Å². The van der Waals surface area contributed by atoms with Crippen molar-refractivity contribution in [1.29, 1.82) is 0 Å². The third-order valence-electron chi connectivity index (χ3n) is 4.31. The summed E-state index contributed by atoms with van der Waals surface area (Å²) < 4.78 is 0. The maximum atomic E-state index is 12.7. The van der Waals surface area contributed by atoms with Crippen LogP contribution in [0.5, 0.6) is 0 Å². The molecule has 0 radical (unpaired) electrons. The molecule has 0 saturated heterocycles. The third-order valence-corrected chi connectivity index (χ3v) is 5.36. The van der Waals surface area contributed by atoms with E-state index in [1.165, 1.54) is 0 Å². The van der Waals surface area contributed by atoms with Gasteiger partial charge in [-0.15, -0.1) is 11.3 Å². The van der Waals surface area contributed by atoms with Crippen LogP contribution in [0.2, 0.25) is 0 Å². The van der Waals surface area contributed by atoms with E-state index < -0.39 is 0 Å². The van der Waals surface area contributed by atoms with E-state index in [1.54, 1.807) is 23.3 Å². The lowest BCUT2D eigenvalue weighted by Gasteiger charge is -2.16. The molecule has 1 aliphatic rings. The van der Waals surface area contributed by atoms with E-state index in [9.17, 15) is 9.59 Å². The van der Waals surface area contributed by atoms with Gasteiger partial charge in [0.2, 0.25) is 5.91 Å². The van der Waals surface area contributed by atoms with E-state index in [4.69, 9.17) is 0 Å². The molecule has 1 amide bonds. The molecule has 1 aliphatic carbocycles. The van der Waals surface area contributed by atoms with Crippen molar-refractivity contribution in [3.63, 3.8) is 0 Å². The molecule has 0 spiro atoms. The molecule has 0 bridgehead atoms. The first-order valence-corrected chi connectivity index (χ1v) is 7.99. The van der Waals surface area contributed by atoms with Gasteiger partial charge in [0.05, 0.1) is 17.5 Å². The summed E-state index contributed by atoms with van der Waals surface area (Å²) in [6, 6.07) is 0. The van der Waals surface area contributed by atoms with Crippen LogP contribution in [0.3, 0.4) is 0 Å². The fourth-order valence-electron chi connectivity index (χ4n) is 2.99. The zero-order chi connectivity index (χ0) is 16.1. The van der Waals surface area contributed by atoms with E-state index in [0.717, 1.165) is 10.7 Å². The lowest BCUT2D eigenvalue weighted by Crippen LogP contribution is -2.29. The largest absolute Gasteiger partial charge is 0.340 e. The second kappa shape index (κ2) is 5.05. The number of hydrogen-bond donors (Lipinski definition) is 2. The maximum absolute atomic E-state index is 12.7. The number of H-pyrrole nitrogens is 2. The molecule has 1 saturated carbocycles. The van der Waals surface area contributed by atoms with E-state index in [1.807, 2.05) is 12.3 Å². The van der Waals surface area contributed by atoms with Crippen molar-refractivity contribution in [3.8, 4) is 0 Å². The number of aromatic nitrogens is 4. The normalized spacial score (nSPS) is 22.5. The van der Waals surface area contributed by atoms with Gasteiger partial charge in [-0.2, -0.15) is 5.10 Å². The highest BCUT2D eigenvalue weighted by atomic mass is 32.1. The summed E-state index contributed by atoms with van der Waals surface area (Å²) in [5, 5.41) is 9.19. The van der Waals surface area contributed by atoms with Gasteiger partial charge >= 0.3 is 5.69 Å². The first-order chi connectivity index (χ1) is 10.3. The Morgan fingerprint density at radius 3 is 2.77 bits per heavy atom. The molecule has 3 rings (SSSR count). The van der Waals surface area contributed by atoms with Gasteiger partial charge in [-0.05, 0) is 12.3 Å². The molecule has 2 aromatic rings. The second-order valence-corrected chi connectivity index (χ2v) is 7.31. The minimum atomic E-state index is -0.362. The van der Waals surface area contributed by atoms with Gasteiger partial charge in [0.25, 0.3) is 0 Å². The van der Waals surface area contributed by atoms with Crippen LogP contribution in [-0.2, 0) is 11.3 Å². The lowest BCUT2D eigenvalue weighted by atomic mass is 10.1. The van der Waals surface area contributed by atoms with Gasteiger partial charge in [0.15, 0.2) is 5.82 Å². The molecule has 2 aromatic heterocycles. The van der Waals surface area contributed by atoms with Crippen molar-refractivity contribution in [2.24, 2.45) is 11.3 Å². The van der Waals surface area contributed by atoms with Crippen molar-refractivity contribution in [2.45, 2.75) is 33.2 Å². The Morgan fingerprint density at radius 2 is 2.23 bits per heavy atom. The van der Waals surface area contributed by atoms with Gasteiger partial charge in [0, 0.05) is 24.0 Å². The highest BCUT2D eigenvalue weighted by molar-refractivity contribution is 7.09. The van der Waals surface area contributed by atoms with Gasteiger partial charge in [-0.25, -0.2) is 14.9 Å². The van der Waals surface area contributed by atoms with Gasteiger partial charge < -0.3 is 4.90 Å². The summed E-state index contributed by atoms with van der Waals surface area (Å²) >= 11 is 1.62. The monoisotopic (exact) mass is 321 g/mol. The number of carbonyl (C=O) groups is 1. The van der Waals surface area contributed by atoms with Crippen LogP contribution >= 0.6 is 11.3 Å². The van der Waals surface area contributed by atoms with E-state index >= 15 is 0 Å². The van der Waals surface area contributed by atoms with E-state index in [-0.39, 0.29) is 35.4 Å². The van der Waals surface area contributed by atoms with Crippen molar-refractivity contribution < 1.29 is 4.79 Å². The Morgan fingerprint density at radius 1 is 1.50 bits per heavy atom. The van der Waals surface area contributed by atoms with Crippen LogP contribution in [0.4, 0.5) is 0 Å². The molecule has 0 aliphatic heterocycles. The number of rotatable bonds is 4. The Balaban J connectivity index is 1.73. The Bertz CT molecular complexity index is 759. The Hall–Kier alpha value is -1.96. The number of carbonyl (C=O) groups excluding carboxylic acids is 1. The number of thiazole rings is 1. The SMILES string of the molecule is Cc1csc([C@@H]2[C@@H](C(=O)N(C)Cc3n[nH]c(=O)[nH]3)C2(C)C)n1. The van der Waals surface area contributed by atoms with Crippen molar-refractivity contribution in [1.82, 2.24) is 25.1 Å². The van der Waals surface area contributed by atoms with Crippen molar-refractivity contribution in [3.05, 3.63) is 32.4 Å². The topological polar surface area (TPSA) is 94.7 Å². The molecule has 8 heteroatoms. The number of hydrogen-bond acceptors (Lipinski definition) is 5. The minimum absolute atomic E-state index is 0.0618. The molecule has 2 atom stereocenters. The molecule has 2 heterocycles. The van der Waals surface area contributed by atoms with Gasteiger partial charge in [-0.1, -0.05) is 13.8 Å². The zero-order valence-corrected chi connectivity index (χ0v) is 13.8. The fourth-order valence-corrected chi connectivity index (χ4v) is 4.12. The highest BCUT2D eigenvalue weighted by Crippen LogP contribution is 2.65. The van der Waals surface area contributed by atoms with E-state index in [0.29, 0.717) is 5.82 Å². The van der Waals surface area contributed by atoms with Crippen LogP contribution in [-0.4, -0.2) is 38.0 Å². The first-order valence-electron chi connectivity index (χ1n) is 7.11. The summed E-state index contributed by atoms with van der Waals surface area (Å²) in [4.78, 5) is 32.4. The highest BCUT2D eigenvalue weighted by Gasteiger charge is 2.64. The molecule has 7 nitrogen and oxygen atoms in total. The molecule has 0 aromatic carbocycles. The second-order valence-electron chi connectivity index (χ2n) is 6.42. The number of aryl methyl sites for hydroxylation is 1. The smallest absolute Gasteiger partial charge is 0.338 e. The van der Waals surface area contributed by atoms with Crippen LogP contribution in [0.15, 0.2) is 10.2 Å². The zero-order valence-electron chi connectivity index (χ0n) is 13.0.